The largest absolute Gasteiger partial charge is 0.478 e. The predicted octanol–water partition coefficient (Wildman–Crippen LogP) is 1.80. The summed E-state index contributed by atoms with van der Waals surface area (Å²) < 4.78 is 0. The van der Waals surface area contributed by atoms with Gasteiger partial charge in [-0.05, 0) is 18.1 Å². The zero-order valence-electron chi connectivity index (χ0n) is 11.4. The van der Waals surface area contributed by atoms with Crippen LogP contribution in [0, 0.1) is 11.3 Å². The average molecular weight is 285 g/mol. The van der Waals surface area contributed by atoms with E-state index in [-0.39, 0.29) is 17.0 Å². The van der Waals surface area contributed by atoms with Crippen molar-refractivity contribution in [2.45, 2.75) is 6.92 Å². The average Bonchev–Trinajstić information content (AvgIpc) is 2.47. The van der Waals surface area contributed by atoms with Gasteiger partial charge in [-0.3, -0.25) is 9.59 Å². The number of carbonyl (C=O) groups excluding carboxylic acids is 2. The molecule has 0 saturated heterocycles. The van der Waals surface area contributed by atoms with Crippen molar-refractivity contribution in [2.75, 3.05) is 0 Å². The molecule has 0 saturated carbocycles. The summed E-state index contributed by atoms with van der Waals surface area (Å²) >= 11 is 0. The first-order valence-corrected chi connectivity index (χ1v) is 6.43. The first kappa shape index (κ1) is 14.7. The van der Waals surface area contributed by atoms with E-state index in [1.54, 1.807) is 25.2 Å². The lowest BCUT2D eigenvalue weighted by Crippen LogP contribution is -2.47. The molecular weight excluding hydrogens is 270 g/mol. The Morgan fingerprint density at radius 2 is 1.67 bits per heavy atom. The van der Waals surface area contributed by atoms with Crippen LogP contribution in [0.4, 0.5) is 0 Å². The molecular formula is C16H15NO4. The highest BCUT2D eigenvalue weighted by molar-refractivity contribution is 6.16. The lowest BCUT2D eigenvalue weighted by Gasteiger charge is -2.32. The van der Waals surface area contributed by atoms with Crippen LogP contribution in [0.1, 0.15) is 27.6 Å². The monoisotopic (exact) mass is 285 g/mol. The van der Waals surface area contributed by atoms with E-state index in [0.717, 1.165) is 0 Å². The van der Waals surface area contributed by atoms with E-state index < -0.39 is 23.1 Å². The van der Waals surface area contributed by atoms with Crippen LogP contribution in [0.2, 0.25) is 0 Å². The SMILES string of the molecule is CC1C=CC=CC1(C(N)=O)C(=O)c1ccc(C(=O)O)cc1. The molecule has 5 heteroatoms. The number of hydrogen-bond donors (Lipinski definition) is 2. The van der Waals surface area contributed by atoms with Crippen molar-refractivity contribution in [1.82, 2.24) is 0 Å². The summed E-state index contributed by atoms with van der Waals surface area (Å²) in [6.07, 6.45) is 6.63. The Kier molecular flexibility index (Phi) is 3.76. The van der Waals surface area contributed by atoms with Gasteiger partial charge in [-0.1, -0.05) is 43.4 Å². The smallest absolute Gasteiger partial charge is 0.335 e. The molecule has 0 heterocycles. The first-order valence-electron chi connectivity index (χ1n) is 6.43. The van der Waals surface area contributed by atoms with Crippen LogP contribution in [0.25, 0.3) is 0 Å². The molecule has 0 aromatic heterocycles. The van der Waals surface area contributed by atoms with Crippen LogP contribution in [0.3, 0.4) is 0 Å². The van der Waals surface area contributed by atoms with Crippen molar-refractivity contribution in [3.8, 4) is 0 Å². The third-order valence-electron chi connectivity index (χ3n) is 3.77. The number of primary amides is 1. The molecule has 21 heavy (non-hydrogen) atoms. The number of benzene rings is 1. The fourth-order valence-corrected chi connectivity index (χ4v) is 2.45. The quantitative estimate of drug-likeness (QED) is 0.651. The molecule has 1 aromatic rings. The Morgan fingerprint density at radius 1 is 1.10 bits per heavy atom. The van der Waals surface area contributed by atoms with E-state index in [1.807, 2.05) is 0 Å². The number of aromatic carboxylic acids is 1. The van der Waals surface area contributed by atoms with Crippen LogP contribution in [-0.2, 0) is 4.79 Å². The lowest BCUT2D eigenvalue weighted by atomic mass is 9.68. The van der Waals surface area contributed by atoms with Gasteiger partial charge in [-0.15, -0.1) is 0 Å². The van der Waals surface area contributed by atoms with Crippen molar-refractivity contribution in [1.29, 1.82) is 0 Å². The van der Waals surface area contributed by atoms with Gasteiger partial charge in [0.1, 0.15) is 5.41 Å². The Hall–Kier alpha value is -2.69. The third kappa shape index (κ3) is 2.38. The van der Waals surface area contributed by atoms with Gasteiger partial charge in [0.2, 0.25) is 5.91 Å². The fraction of sp³-hybridized carbons (Fsp3) is 0.188. The zero-order valence-corrected chi connectivity index (χ0v) is 11.4. The van der Waals surface area contributed by atoms with E-state index in [2.05, 4.69) is 0 Å². The molecule has 0 fully saturated rings. The van der Waals surface area contributed by atoms with Crippen LogP contribution in [-0.4, -0.2) is 22.8 Å². The molecule has 0 spiro atoms. The number of allylic oxidation sites excluding steroid dienone is 3. The molecule has 2 unspecified atom stereocenters. The second-order valence-corrected chi connectivity index (χ2v) is 4.98. The summed E-state index contributed by atoms with van der Waals surface area (Å²) in [5, 5.41) is 8.86. The Morgan fingerprint density at radius 3 is 2.14 bits per heavy atom. The molecule has 2 rings (SSSR count). The number of carbonyl (C=O) groups is 3. The number of rotatable bonds is 4. The second kappa shape index (κ2) is 5.36. The lowest BCUT2D eigenvalue weighted by molar-refractivity contribution is -0.124. The number of carboxylic acid groups (broad SMARTS) is 1. The molecule has 5 nitrogen and oxygen atoms in total. The minimum Gasteiger partial charge on any atom is -0.478 e. The van der Waals surface area contributed by atoms with Crippen molar-refractivity contribution < 1.29 is 19.5 Å². The maximum Gasteiger partial charge on any atom is 0.335 e. The first-order chi connectivity index (χ1) is 9.89. The molecule has 3 N–H and O–H groups in total. The predicted molar refractivity (Wildman–Crippen MR) is 76.8 cm³/mol. The van der Waals surface area contributed by atoms with Crippen molar-refractivity contribution in [3.05, 3.63) is 59.7 Å². The maximum absolute atomic E-state index is 12.7. The highest BCUT2D eigenvalue weighted by Crippen LogP contribution is 2.36. The van der Waals surface area contributed by atoms with Crippen LogP contribution < -0.4 is 5.73 Å². The van der Waals surface area contributed by atoms with Crippen molar-refractivity contribution >= 4 is 17.7 Å². The normalized spacial score (nSPS) is 23.8. The minimum atomic E-state index is -1.43. The van der Waals surface area contributed by atoms with E-state index in [0.29, 0.717) is 0 Å². The Labute approximate surface area is 121 Å². The van der Waals surface area contributed by atoms with Gasteiger partial charge >= 0.3 is 5.97 Å². The molecule has 0 aliphatic heterocycles. The number of ketones is 1. The van der Waals surface area contributed by atoms with E-state index in [4.69, 9.17) is 10.8 Å². The second-order valence-electron chi connectivity index (χ2n) is 4.98. The summed E-state index contributed by atoms with van der Waals surface area (Å²) in [4.78, 5) is 35.4. The van der Waals surface area contributed by atoms with Gasteiger partial charge in [0.15, 0.2) is 5.78 Å². The van der Waals surface area contributed by atoms with Gasteiger partial charge in [0.25, 0.3) is 0 Å². The highest BCUT2D eigenvalue weighted by atomic mass is 16.4. The van der Waals surface area contributed by atoms with Gasteiger partial charge < -0.3 is 10.8 Å². The highest BCUT2D eigenvalue weighted by Gasteiger charge is 2.46. The van der Waals surface area contributed by atoms with E-state index in [1.165, 1.54) is 30.3 Å². The molecule has 108 valence electrons. The van der Waals surface area contributed by atoms with Gasteiger partial charge in [0.05, 0.1) is 5.56 Å². The fourth-order valence-electron chi connectivity index (χ4n) is 2.45. The standard InChI is InChI=1S/C16H15NO4/c1-10-4-2-3-9-16(10,15(17)21)13(18)11-5-7-12(8-6-11)14(19)20/h2-10H,1H3,(H2,17,21)(H,19,20). The summed E-state index contributed by atoms with van der Waals surface area (Å²) in [6, 6.07) is 5.46. The third-order valence-corrected chi connectivity index (χ3v) is 3.77. The van der Waals surface area contributed by atoms with Crippen LogP contribution in [0.5, 0.6) is 0 Å². The van der Waals surface area contributed by atoms with Gasteiger partial charge in [-0.25, -0.2) is 4.79 Å². The Bertz CT molecular complexity index is 657. The molecule has 1 aliphatic rings. The van der Waals surface area contributed by atoms with Crippen LogP contribution in [0.15, 0.2) is 48.6 Å². The van der Waals surface area contributed by atoms with E-state index in [9.17, 15) is 14.4 Å². The summed E-state index contributed by atoms with van der Waals surface area (Å²) in [5.74, 6) is -2.60. The molecule has 0 radical (unpaired) electrons. The van der Waals surface area contributed by atoms with Crippen LogP contribution >= 0.6 is 0 Å². The molecule has 1 aromatic carbocycles. The maximum atomic E-state index is 12.7. The van der Waals surface area contributed by atoms with Gasteiger partial charge in [0, 0.05) is 5.56 Å². The number of hydrogen-bond acceptors (Lipinski definition) is 3. The zero-order chi connectivity index (χ0) is 15.6. The van der Waals surface area contributed by atoms with Crippen molar-refractivity contribution in [3.63, 3.8) is 0 Å². The Balaban J connectivity index is 2.45. The number of amides is 1. The number of Topliss-reactive ketones (excluding diaryl/α,β-unsaturated/α-hetero) is 1. The number of carboxylic acids is 1. The minimum absolute atomic E-state index is 0.0757. The van der Waals surface area contributed by atoms with Gasteiger partial charge in [-0.2, -0.15) is 0 Å². The summed E-state index contributed by atoms with van der Waals surface area (Å²) in [7, 11) is 0. The number of nitrogens with two attached hydrogens (primary N) is 1. The molecule has 1 aliphatic carbocycles. The molecule has 1 amide bonds. The summed E-state index contributed by atoms with van der Waals surface area (Å²) in [5.41, 5.74) is 4.37. The summed E-state index contributed by atoms with van der Waals surface area (Å²) in [6.45, 7) is 1.74. The molecule has 0 bridgehead atoms. The van der Waals surface area contributed by atoms with Crippen molar-refractivity contribution in [2.24, 2.45) is 17.1 Å². The van der Waals surface area contributed by atoms with E-state index >= 15 is 0 Å². The molecule has 2 atom stereocenters. The topological polar surface area (TPSA) is 97.5 Å².